The van der Waals surface area contributed by atoms with E-state index in [0.717, 1.165) is 0 Å². The van der Waals surface area contributed by atoms with Crippen LogP contribution < -0.4 is 5.32 Å². The summed E-state index contributed by atoms with van der Waals surface area (Å²) in [5.74, 6) is 0.375. The van der Waals surface area contributed by atoms with E-state index in [1.54, 1.807) is 24.6 Å². The molecule has 1 amide bonds. The van der Waals surface area contributed by atoms with Crippen molar-refractivity contribution in [1.29, 1.82) is 0 Å². The molecule has 0 saturated carbocycles. The highest BCUT2D eigenvalue weighted by Gasteiger charge is 2.13. The van der Waals surface area contributed by atoms with E-state index in [2.05, 4.69) is 15.5 Å². The summed E-state index contributed by atoms with van der Waals surface area (Å²) >= 11 is 2.63. The molecule has 7 nitrogen and oxygen atoms in total. The van der Waals surface area contributed by atoms with E-state index in [1.807, 2.05) is 11.4 Å². The molecule has 22 heavy (non-hydrogen) atoms. The van der Waals surface area contributed by atoms with Crippen molar-refractivity contribution >= 4 is 35.0 Å². The smallest absolute Gasteiger partial charge is 0.316 e. The molecule has 9 heteroatoms. The van der Waals surface area contributed by atoms with E-state index in [9.17, 15) is 9.59 Å². The molecule has 0 fully saturated rings. The van der Waals surface area contributed by atoms with Crippen molar-refractivity contribution in [3.05, 3.63) is 28.2 Å². The zero-order chi connectivity index (χ0) is 15.9. The third kappa shape index (κ3) is 4.31. The number of esters is 1. The van der Waals surface area contributed by atoms with Gasteiger partial charge in [-0.25, -0.2) is 0 Å². The summed E-state index contributed by atoms with van der Waals surface area (Å²) < 4.78 is 6.61. The number of carbonyl (C=O) groups is 2. The Kier molecular flexibility index (Phi) is 5.96. The fourth-order valence-corrected chi connectivity index (χ4v) is 2.97. The maximum atomic E-state index is 11.9. The summed E-state index contributed by atoms with van der Waals surface area (Å²) in [6.07, 6.45) is 0. The van der Waals surface area contributed by atoms with Gasteiger partial charge in [-0.3, -0.25) is 9.59 Å². The molecule has 0 aliphatic rings. The van der Waals surface area contributed by atoms with Gasteiger partial charge in [0.1, 0.15) is 0 Å². The fraction of sp³-hybridized carbons (Fsp3) is 0.385. The largest absolute Gasteiger partial charge is 0.465 e. The molecular formula is C13H16N4O3S2. The van der Waals surface area contributed by atoms with Gasteiger partial charge in [0.25, 0.3) is 5.91 Å². The molecule has 0 aromatic carbocycles. The molecule has 2 aromatic heterocycles. The highest BCUT2D eigenvalue weighted by Crippen LogP contribution is 2.16. The highest BCUT2D eigenvalue weighted by molar-refractivity contribution is 7.99. The molecule has 0 radical (unpaired) electrons. The maximum absolute atomic E-state index is 11.9. The van der Waals surface area contributed by atoms with Gasteiger partial charge in [-0.2, -0.15) is 0 Å². The Balaban J connectivity index is 1.88. The van der Waals surface area contributed by atoms with Gasteiger partial charge in [0, 0.05) is 7.05 Å². The lowest BCUT2D eigenvalue weighted by atomic mass is 10.4. The number of thiophene rings is 1. The van der Waals surface area contributed by atoms with Crippen molar-refractivity contribution in [2.45, 2.75) is 18.6 Å². The minimum absolute atomic E-state index is 0.140. The standard InChI is InChI=1S/C13H16N4O3S2/c1-3-20-11(18)8-22-13-16-15-10(17(13)2)7-14-12(19)9-5-4-6-21-9/h4-6H,3,7-8H2,1-2H3,(H,14,19). The van der Waals surface area contributed by atoms with E-state index in [4.69, 9.17) is 4.74 Å². The van der Waals surface area contributed by atoms with Crippen LogP contribution in [0, 0.1) is 0 Å². The van der Waals surface area contributed by atoms with Crippen molar-refractivity contribution in [1.82, 2.24) is 20.1 Å². The van der Waals surface area contributed by atoms with Crippen molar-refractivity contribution in [3.63, 3.8) is 0 Å². The Hall–Kier alpha value is -1.87. The Labute approximate surface area is 136 Å². The zero-order valence-corrected chi connectivity index (χ0v) is 13.9. The minimum Gasteiger partial charge on any atom is -0.465 e. The maximum Gasteiger partial charge on any atom is 0.316 e. The second-order valence-electron chi connectivity index (χ2n) is 4.21. The molecule has 0 aliphatic heterocycles. The van der Waals surface area contributed by atoms with E-state index in [0.29, 0.717) is 22.5 Å². The first-order chi connectivity index (χ1) is 10.6. The number of thioether (sulfide) groups is 1. The van der Waals surface area contributed by atoms with Gasteiger partial charge >= 0.3 is 5.97 Å². The van der Waals surface area contributed by atoms with E-state index in [1.165, 1.54) is 23.1 Å². The summed E-state index contributed by atoms with van der Waals surface area (Å²) in [6, 6.07) is 3.59. The number of hydrogen-bond acceptors (Lipinski definition) is 7. The van der Waals surface area contributed by atoms with Crippen LogP contribution in [-0.2, 0) is 23.1 Å². The Bertz CT molecular complexity index is 640. The number of hydrogen-bond donors (Lipinski definition) is 1. The van der Waals surface area contributed by atoms with Crippen molar-refractivity contribution < 1.29 is 14.3 Å². The average molecular weight is 340 g/mol. The van der Waals surface area contributed by atoms with Gasteiger partial charge in [0.15, 0.2) is 11.0 Å². The van der Waals surface area contributed by atoms with Crippen molar-refractivity contribution in [3.8, 4) is 0 Å². The molecule has 2 heterocycles. The predicted molar refractivity (Wildman–Crippen MR) is 83.8 cm³/mol. The van der Waals surface area contributed by atoms with Crippen molar-refractivity contribution in [2.75, 3.05) is 12.4 Å². The summed E-state index contributed by atoms with van der Waals surface area (Å²) in [4.78, 5) is 23.8. The first-order valence-electron chi connectivity index (χ1n) is 6.60. The SMILES string of the molecule is CCOC(=O)CSc1nnc(CNC(=O)c2cccs2)n1C. The molecule has 0 spiro atoms. The number of nitrogens with one attached hydrogen (secondary N) is 1. The van der Waals surface area contributed by atoms with Gasteiger partial charge < -0.3 is 14.6 Å². The second-order valence-corrected chi connectivity index (χ2v) is 6.10. The van der Waals surface area contributed by atoms with Crippen LogP contribution in [0.4, 0.5) is 0 Å². The third-order valence-corrected chi connectivity index (χ3v) is 4.56. The number of aromatic nitrogens is 3. The zero-order valence-electron chi connectivity index (χ0n) is 12.2. The predicted octanol–water partition coefficient (Wildman–Crippen LogP) is 1.46. The minimum atomic E-state index is -0.289. The van der Waals surface area contributed by atoms with E-state index in [-0.39, 0.29) is 24.2 Å². The van der Waals surface area contributed by atoms with E-state index >= 15 is 0 Å². The number of nitrogens with zero attached hydrogens (tertiary/aromatic N) is 3. The molecule has 1 N–H and O–H groups in total. The molecule has 118 valence electrons. The van der Waals surface area contributed by atoms with Crippen LogP contribution in [0.15, 0.2) is 22.7 Å². The summed E-state index contributed by atoms with van der Waals surface area (Å²) in [5, 5.41) is 13.3. The Morgan fingerprint density at radius 3 is 2.95 bits per heavy atom. The molecule has 0 atom stereocenters. The average Bonchev–Trinajstić information content (AvgIpc) is 3.14. The van der Waals surface area contributed by atoms with Crippen LogP contribution in [0.5, 0.6) is 0 Å². The molecule has 0 unspecified atom stereocenters. The lowest BCUT2D eigenvalue weighted by Crippen LogP contribution is -2.23. The lowest BCUT2D eigenvalue weighted by Gasteiger charge is -2.05. The van der Waals surface area contributed by atoms with Gasteiger partial charge in [-0.1, -0.05) is 17.8 Å². The van der Waals surface area contributed by atoms with Gasteiger partial charge in [-0.05, 0) is 18.4 Å². The normalized spacial score (nSPS) is 10.5. The first kappa shape index (κ1) is 16.5. The topological polar surface area (TPSA) is 86.1 Å². The Morgan fingerprint density at radius 1 is 1.45 bits per heavy atom. The van der Waals surface area contributed by atoms with Crippen LogP contribution in [-0.4, -0.2) is 39.0 Å². The van der Waals surface area contributed by atoms with Gasteiger partial charge in [0.2, 0.25) is 0 Å². The van der Waals surface area contributed by atoms with Crippen molar-refractivity contribution in [2.24, 2.45) is 7.05 Å². The highest BCUT2D eigenvalue weighted by atomic mass is 32.2. The third-order valence-electron chi connectivity index (χ3n) is 2.70. The Morgan fingerprint density at radius 2 is 2.27 bits per heavy atom. The van der Waals surface area contributed by atoms with Gasteiger partial charge in [-0.15, -0.1) is 21.5 Å². The summed E-state index contributed by atoms with van der Waals surface area (Å²) in [7, 11) is 1.79. The summed E-state index contributed by atoms with van der Waals surface area (Å²) in [5.41, 5.74) is 0. The number of amides is 1. The monoisotopic (exact) mass is 340 g/mol. The van der Waals surface area contributed by atoms with Crippen LogP contribution in [0.3, 0.4) is 0 Å². The second kappa shape index (κ2) is 7.95. The van der Waals surface area contributed by atoms with Crippen LogP contribution in [0.1, 0.15) is 22.4 Å². The first-order valence-corrected chi connectivity index (χ1v) is 8.46. The number of ether oxygens (including phenoxy) is 1. The van der Waals surface area contributed by atoms with Crippen LogP contribution in [0.2, 0.25) is 0 Å². The van der Waals surface area contributed by atoms with Crippen LogP contribution in [0.25, 0.3) is 0 Å². The number of rotatable bonds is 7. The van der Waals surface area contributed by atoms with Crippen LogP contribution >= 0.6 is 23.1 Å². The fourth-order valence-electron chi connectivity index (χ4n) is 1.61. The summed E-state index contributed by atoms with van der Waals surface area (Å²) in [6.45, 7) is 2.40. The molecule has 0 aliphatic carbocycles. The van der Waals surface area contributed by atoms with Gasteiger partial charge in [0.05, 0.1) is 23.8 Å². The molecule has 2 aromatic rings. The lowest BCUT2D eigenvalue weighted by molar-refractivity contribution is -0.139. The molecule has 2 rings (SSSR count). The molecule has 0 saturated heterocycles. The quantitative estimate of drug-likeness (QED) is 0.607. The number of carbonyl (C=O) groups excluding carboxylic acids is 2. The van der Waals surface area contributed by atoms with E-state index < -0.39 is 0 Å². The molecular weight excluding hydrogens is 324 g/mol. The molecule has 0 bridgehead atoms.